The van der Waals surface area contributed by atoms with Gasteiger partial charge in [0.05, 0.1) is 12.2 Å². The van der Waals surface area contributed by atoms with Crippen LogP contribution in [0.4, 0.5) is 15.8 Å². The summed E-state index contributed by atoms with van der Waals surface area (Å²) in [7, 11) is 1.75. The van der Waals surface area contributed by atoms with E-state index in [1.165, 1.54) is 30.0 Å². The Morgan fingerprint density at radius 3 is 2.29 bits per heavy atom. The topological polar surface area (TPSA) is 88.9 Å². The number of nitrogens with one attached hydrogen (secondary N) is 2. The molecule has 9 heteroatoms. The van der Waals surface area contributed by atoms with E-state index < -0.39 is 0 Å². The summed E-state index contributed by atoms with van der Waals surface area (Å²) in [6.45, 7) is 5.67. The lowest BCUT2D eigenvalue weighted by Crippen LogP contribution is -2.18. The van der Waals surface area contributed by atoms with Gasteiger partial charge in [-0.15, -0.1) is 10.2 Å². The Balaban J connectivity index is 1.55. The van der Waals surface area contributed by atoms with Gasteiger partial charge in [0.15, 0.2) is 5.16 Å². The molecule has 0 radical (unpaired) electrons. The normalized spacial score (nSPS) is 10.7. The monoisotopic (exact) mass is 441 g/mol. The molecule has 162 valence electrons. The molecule has 2 aromatic carbocycles. The van der Waals surface area contributed by atoms with E-state index in [0.717, 1.165) is 16.8 Å². The van der Waals surface area contributed by atoms with Crippen molar-refractivity contribution in [3.05, 3.63) is 64.7 Å². The molecule has 1 heterocycles. The zero-order valence-electron chi connectivity index (χ0n) is 17.8. The molecule has 0 saturated carbocycles. The molecule has 0 fully saturated rings. The van der Waals surface area contributed by atoms with Crippen LogP contribution in [0.5, 0.6) is 0 Å². The molecule has 7 nitrogen and oxygen atoms in total. The van der Waals surface area contributed by atoms with E-state index in [0.29, 0.717) is 22.2 Å². The predicted molar refractivity (Wildman–Crippen MR) is 120 cm³/mol. The zero-order valence-corrected chi connectivity index (χ0v) is 18.6. The third-order valence-electron chi connectivity index (χ3n) is 4.69. The number of hydrogen-bond acceptors (Lipinski definition) is 5. The second-order valence-corrected chi connectivity index (χ2v) is 8.24. The number of rotatable bonds is 7. The minimum atomic E-state index is -0.349. The van der Waals surface area contributed by atoms with Crippen LogP contribution in [0.15, 0.2) is 41.6 Å². The van der Waals surface area contributed by atoms with E-state index in [9.17, 15) is 14.0 Å². The Morgan fingerprint density at radius 1 is 0.968 bits per heavy atom. The molecule has 0 aliphatic carbocycles. The molecule has 2 N–H and O–H groups in total. The lowest BCUT2D eigenvalue weighted by atomic mass is 10.1. The molecule has 0 unspecified atom stereocenters. The van der Waals surface area contributed by atoms with Crippen LogP contribution in [0.2, 0.25) is 0 Å². The molecular formula is C22H24FN5O2S. The second-order valence-electron chi connectivity index (χ2n) is 7.30. The number of nitrogens with zero attached hydrogens (tertiary/aromatic N) is 3. The highest BCUT2D eigenvalue weighted by atomic mass is 32.2. The lowest BCUT2D eigenvalue weighted by Gasteiger charge is -2.09. The number of thioether (sulfide) groups is 1. The Kier molecular flexibility index (Phi) is 7.06. The number of aryl methyl sites for hydroxylation is 3. The number of carbonyl (C=O) groups is 2. The smallest absolute Gasteiger partial charge is 0.234 e. The van der Waals surface area contributed by atoms with Gasteiger partial charge in [-0.25, -0.2) is 4.39 Å². The molecule has 31 heavy (non-hydrogen) atoms. The minimum Gasteiger partial charge on any atom is -0.325 e. The van der Waals surface area contributed by atoms with Crippen molar-refractivity contribution in [1.29, 1.82) is 0 Å². The van der Waals surface area contributed by atoms with Crippen molar-refractivity contribution >= 4 is 35.0 Å². The van der Waals surface area contributed by atoms with Crippen LogP contribution in [0.3, 0.4) is 0 Å². The predicted octanol–water partition coefficient (Wildman–Crippen LogP) is 3.79. The van der Waals surface area contributed by atoms with E-state index in [2.05, 4.69) is 20.8 Å². The summed E-state index contributed by atoms with van der Waals surface area (Å²) >= 11 is 1.21. The molecule has 3 rings (SSSR count). The first-order chi connectivity index (χ1) is 14.7. The van der Waals surface area contributed by atoms with Gasteiger partial charge in [0, 0.05) is 18.4 Å². The van der Waals surface area contributed by atoms with E-state index >= 15 is 0 Å². The van der Waals surface area contributed by atoms with E-state index in [-0.39, 0.29) is 29.8 Å². The van der Waals surface area contributed by atoms with Crippen molar-refractivity contribution in [1.82, 2.24) is 14.8 Å². The SMILES string of the molecule is Cc1ccc(NC(=O)Cc2nnc(SCC(=O)Nc3ccc(F)cc3C)n2C)c(C)c1. The molecule has 0 aliphatic rings. The van der Waals surface area contributed by atoms with Gasteiger partial charge in [0.2, 0.25) is 11.8 Å². The number of carbonyl (C=O) groups excluding carboxylic acids is 2. The van der Waals surface area contributed by atoms with Gasteiger partial charge in [0.25, 0.3) is 0 Å². The van der Waals surface area contributed by atoms with Crippen molar-refractivity contribution in [2.75, 3.05) is 16.4 Å². The number of amides is 2. The van der Waals surface area contributed by atoms with Crippen LogP contribution in [0.1, 0.15) is 22.5 Å². The third-order valence-corrected chi connectivity index (χ3v) is 5.71. The maximum Gasteiger partial charge on any atom is 0.234 e. The fourth-order valence-electron chi connectivity index (χ4n) is 3.00. The quantitative estimate of drug-likeness (QED) is 0.545. The first kappa shape index (κ1) is 22.5. The fraction of sp³-hybridized carbons (Fsp3) is 0.273. The average Bonchev–Trinajstić information content (AvgIpc) is 3.04. The summed E-state index contributed by atoms with van der Waals surface area (Å²) in [6, 6.07) is 10.0. The molecule has 0 aliphatic heterocycles. The van der Waals surface area contributed by atoms with E-state index in [1.807, 2.05) is 32.0 Å². The number of hydrogen-bond donors (Lipinski definition) is 2. The summed E-state index contributed by atoms with van der Waals surface area (Å²) < 4.78 is 14.9. The van der Waals surface area contributed by atoms with Crippen molar-refractivity contribution in [2.45, 2.75) is 32.3 Å². The van der Waals surface area contributed by atoms with E-state index in [1.54, 1.807) is 18.5 Å². The summed E-state index contributed by atoms with van der Waals surface area (Å²) in [5.74, 6) is -0.171. The molecule has 0 saturated heterocycles. The highest BCUT2D eigenvalue weighted by Crippen LogP contribution is 2.20. The van der Waals surface area contributed by atoms with Gasteiger partial charge in [-0.3, -0.25) is 9.59 Å². The van der Waals surface area contributed by atoms with Crippen LogP contribution >= 0.6 is 11.8 Å². The Hall–Kier alpha value is -3.20. The molecule has 0 atom stereocenters. The van der Waals surface area contributed by atoms with Gasteiger partial charge < -0.3 is 15.2 Å². The minimum absolute atomic E-state index is 0.0678. The standard InChI is InChI=1S/C22H24FN5O2S/c1-13-5-7-17(14(2)9-13)24-20(29)11-19-26-27-22(28(19)4)31-12-21(30)25-18-8-6-16(23)10-15(18)3/h5-10H,11-12H2,1-4H3,(H,24,29)(H,25,30). The molecule has 0 spiro atoms. The number of benzene rings is 2. The van der Waals surface area contributed by atoms with Gasteiger partial charge in [-0.2, -0.15) is 0 Å². The van der Waals surface area contributed by atoms with Crippen molar-refractivity contribution < 1.29 is 14.0 Å². The van der Waals surface area contributed by atoms with Gasteiger partial charge >= 0.3 is 0 Å². The lowest BCUT2D eigenvalue weighted by molar-refractivity contribution is -0.116. The zero-order chi connectivity index (χ0) is 22.5. The average molecular weight is 442 g/mol. The first-order valence-electron chi connectivity index (χ1n) is 9.67. The largest absolute Gasteiger partial charge is 0.325 e. The molecule has 0 bridgehead atoms. The summed E-state index contributed by atoms with van der Waals surface area (Å²) in [5.41, 5.74) is 4.09. The fourth-order valence-corrected chi connectivity index (χ4v) is 3.73. The summed E-state index contributed by atoms with van der Waals surface area (Å²) in [5, 5.41) is 14.3. The Morgan fingerprint density at radius 2 is 1.61 bits per heavy atom. The van der Waals surface area contributed by atoms with Crippen LogP contribution < -0.4 is 10.6 Å². The summed E-state index contributed by atoms with van der Waals surface area (Å²) in [6.07, 6.45) is 0.0678. The molecular weight excluding hydrogens is 417 g/mol. The van der Waals surface area contributed by atoms with Crippen LogP contribution in [-0.4, -0.2) is 32.3 Å². The van der Waals surface area contributed by atoms with Crippen molar-refractivity contribution in [3.8, 4) is 0 Å². The first-order valence-corrected chi connectivity index (χ1v) is 10.7. The molecule has 2 amide bonds. The highest BCUT2D eigenvalue weighted by Gasteiger charge is 2.15. The highest BCUT2D eigenvalue weighted by molar-refractivity contribution is 7.99. The number of aromatic nitrogens is 3. The second kappa shape index (κ2) is 9.74. The van der Waals surface area contributed by atoms with Crippen LogP contribution in [-0.2, 0) is 23.1 Å². The van der Waals surface area contributed by atoms with Crippen LogP contribution in [0, 0.1) is 26.6 Å². The van der Waals surface area contributed by atoms with E-state index in [4.69, 9.17) is 0 Å². The van der Waals surface area contributed by atoms with Crippen molar-refractivity contribution in [3.63, 3.8) is 0 Å². The Labute approximate surface area is 184 Å². The number of halogens is 1. The summed E-state index contributed by atoms with van der Waals surface area (Å²) in [4.78, 5) is 24.6. The number of anilines is 2. The van der Waals surface area contributed by atoms with Gasteiger partial charge in [0.1, 0.15) is 11.6 Å². The molecule has 1 aromatic heterocycles. The molecule has 3 aromatic rings. The maximum atomic E-state index is 13.2. The van der Waals surface area contributed by atoms with Crippen LogP contribution in [0.25, 0.3) is 0 Å². The van der Waals surface area contributed by atoms with Gasteiger partial charge in [-0.05, 0) is 56.2 Å². The maximum absolute atomic E-state index is 13.2. The Bertz CT molecular complexity index is 1130. The van der Waals surface area contributed by atoms with Gasteiger partial charge in [-0.1, -0.05) is 29.5 Å². The third kappa shape index (κ3) is 5.91. The van der Waals surface area contributed by atoms with Crippen molar-refractivity contribution in [2.24, 2.45) is 7.05 Å².